The number of carbonyl (C=O) groups excluding carboxylic acids is 1. The van der Waals surface area contributed by atoms with E-state index in [9.17, 15) is 4.79 Å². The number of benzene rings is 1. The van der Waals surface area contributed by atoms with E-state index >= 15 is 0 Å². The molecule has 1 aromatic rings. The highest BCUT2D eigenvalue weighted by Crippen LogP contribution is 2.16. The lowest BCUT2D eigenvalue weighted by molar-refractivity contribution is -0.116. The van der Waals surface area contributed by atoms with Crippen molar-refractivity contribution in [1.29, 1.82) is 0 Å². The first kappa shape index (κ1) is 15.3. The summed E-state index contributed by atoms with van der Waals surface area (Å²) in [4.78, 5) is 11.7. The number of rotatable bonds is 4. The molecule has 100 valence electrons. The van der Waals surface area contributed by atoms with Gasteiger partial charge in [0, 0.05) is 23.2 Å². The molecule has 1 aliphatic heterocycles. The topological polar surface area (TPSA) is 41.1 Å². The van der Waals surface area contributed by atoms with Crippen LogP contribution in [0.5, 0.6) is 0 Å². The van der Waals surface area contributed by atoms with Crippen molar-refractivity contribution in [2.75, 3.05) is 11.9 Å². The van der Waals surface area contributed by atoms with Crippen molar-refractivity contribution < 1.29 is 4.79 Å². The smallest absolute Gasteiger partial charge is 0.224 e. The third kappa shape index (κ3) is 4.84. The lowest BCUT2D eigenvalue weighted by Gasteiger charge is -2.10. The van der Waals surface area contributed by atoms with Crippen molar-refractivity contribution in [2.45, 2.75) is 31.7 Å². The molecule has 1 aromatic carbocycles. The molecule has 0 aliphatic carbocycles. The minimum absolute atomic E-state index is 0. The molecular formula is C13H18Cl2N2O. The third-order valence-electron chi connectivity index (χ3n) is 2.99. The Balaban J connectivity index is 0.00000162. The summed E-state index contributed by atoms with van der Waals surface area (Å²) in [6.07, 6.45) is 3.88. The maximum absolute atomic E-state index is 11.7. The number of amides is 1. The summed E-state index contributed by atoms with van der Waals surface area (Å²) in [6, 6.07) is 7.74. The summed E-state index contributed by atoms with van der Waals surface area (Å²) in [5, 5.41) is 6.88. The third-order valence-corrected chi connectivity index (χ3v) is 3.23. The molecule has 0 radical (unpaired) electrons. The molecule has 0 bridgehead atoms. The Kier molecular flexibility index (Phi) is 6.47. The van der Waals surface area contributed by atoms with Crippen molar-refractivity contribution in [3.8, 4) is 0 Å². The Morgan fingerprint density at radius 2 is 2.33 bits per heavy atom. The predicted molar refractivity (Wildman–Crippen MR) is 77.6 cm³/mol. The van der Waals surface area contributed by atoms with E-state index in [4.69, 9.17) is 11.6 Å². The van der Waals surface area contributed by atoms with E-state index in [1.807, 2.05) is 12.1 Å². The highest BCUT2D eigenvalue weighted by molar-refractivity contribution is 6.30. The second-order valence-electron chi connectivity index (χ2n) is 4.39. The van der Waals surface area contributed by atoms with Gasteiger partial charge in [-0.3, -0.25) is 4.79 Å². The monoisotopic (exact) mass is 288 g/mol. The SMILES string of the molecule is Cl.O=C(CCC1CCCN1)Nc1cccc(Cl)c1. The van der Waals surface area contributed by atoms with Gasteiger partial charge in [-0.25, -0.2) is 0 Å². The Labute approximate surface area is 119 Å². The zero-order valence-corrected chi connectivity index (χ0v) is 11.7. The van der Waals surface area contributed by atoms with Gasteiger partial charge in [0.2, 0.25) is 5.91 Å². The van der Waals surface area contributed by atoms with Crippen molar-refractivity contribution in [3.05, 3.63) is 29.3 Å². The van der Waals surface area contributed by atoms with Crippen LogP contribution >= 0.6 is 24.0 Å². The fraction of sp³-hybridized carbons (Fsp3) is 0.462. The average Bonchev–Trinajstić information content (AvgIpc) is 2.79. The molecule has 0 aromatic heterocycles. The molecule has 2 rings (SSSR count). The Hall–Kier alpha value is -0.770. The van der Waals surface area contributed by atoms with E-state index in [0.717, 1.165) is 18.7 Å². The standard InChI is InChI=1S/C13H17ClN2O.ClH/c14-10-3-1-4-12(9-10)16-13(17)7-6-11-5-2-8-15-11;/h1,3-4,9,11,15H,2,5-8H2,(H,16,17);1H. The van der Waals surface area contributed by atoms with Crippen LogP contribution in [0, 0.1) is 0 Å². The van der Waals surface area contributed by atoms with Gasteiger partial charge in [-0.1, -0.05) is 17.7 Å². The van der Waals surface area contributed by atoms with E-state index in [0.29, 0.717) is 17.5 Å². The Bertz CT molecular complexity index is 392. The minimum atomic E-state index is 0. The van der Waals surface area contributed by atoms with Crippen LogP contribution in [0.4, 0.5) is 5.69 Å². The number of hydrogen-bond donors (Lipinski definition) is 2. The average molecular weight is 289 g/mol. The van der Waals surface area contributed by atoms with Crippen LogP contribution in [-0.2, 0) is 4.79 Å². The molecule has 1 atom stereocenters. The van der Waals surface area contributed by atoms with Gasteiger partial charge in [-0.15, -0.1) is 12.4 Å². The molecule has 0 spiro atoms. The Morgan fingerprint density at radius 1 is 1.50 bits per heavy atom. The molecule has 5 heteroatoms. The lowest BCUT2D eigenvalue weighted by atomic mass is 10.1. The van der Waals surface area contributed by atoms with Crippen LogP contribution in [0.15, 0.2) is 24.3 Å². The summed E-state index contributed by atoms with van der Waals surface area (Å²) in [7, 11) is 0. The summed E-state index contributed by atoms with van der Waals surface area (Å²) in [6.45, 7) is 1.08. The molecule has 1 fully saturated rings. The van der Waals surface area contributed by atoms with Gasteiger partial charge in [-0.2, -0.15) is 0 Å². The number of carbonyl (C=O) groups is 1. The first-order valence-electron chi connectivity index (χ1n) is 6.03. The van der Waals surface area contributed by atoms with Crippen molar-refractivity contribution >= 4 is 35.6 Å². The number of halogens is 2. The molecule has 3 nitrogen and oxygen atoms in total. The van der Waals surface area contributed by atoms with Crippen LogP contribution in [0.3, 0.4) is 0 Å². The van der Waals surface area contributed by atoms with E-state index in [1.54, 1.807) is 12.1 Å². The molecule has 1 aliphatic rings. The van der Waals surface area contributed by atoms with Crippen LogP contribution in [0.1, 0.15) is 25.7 Å². The van der Waals surface area contributed by atoms with Crippen LogP contribution in [0.2, 0.25) is 5.02 Å². The van der Waals surface area contributed by atoms with Crippen LogP contribution < -0.4 is 10.6 Å². The van der Waals surface area contributed by atoms with Crippen molar-refractivity contribution in [3.63, 3.8) is 0 Å². The second-order valence-corrected chi connectivity index (χ2v) is 4.83. The van der Waals surface area contributed by atoms with Crippen molar-refractivity contribution in [1.82, 2.24) is 5.32 Å². The largest absolute Gasteiger partial charge is 0.326 e. The zero-order valence-electron chi connectivity index (χ0n) is 10.1. The molecule has 1 saturated heterocycles. The Morgan fingerprint density at radius 3 is 3.00 bits per heavy atom. The number of nitrogens with one attached hydrogen (secondary N) is 2. The maximum Gasteiger partial charge on any atom is 0.224 e. The fourth-order valence-corrected chi connectivity index (χ4v) is 2.29. The highest BCUT2D eigenvalue weighted by Gasteiger charge is 2.15. The highest BCUT2D eigenvalue weighted by atomic mass is 35.5. The lowest BCUT2D eigenvalue weighted by Crippen LogP contribution is -2.23. The van der Waals surface area contributed by atoms with Crippen LogP contribution in [0.25, 0.3) is 0 Å². The molecule has 1 heterocycles. The van der Waals surface area contributed by atoms with Gasteiger partial charge in [0.15, 0.2) is 0 Å². The van der Waals surface area contributed by atoms with Gasteiger partial charge < -0.3 is 10.6 Å². The second kappa shape index (κ2) is 7.62. The molecule has 18 heavy (non-hydrogen) atoms. The van der Waals surface area contributed by atoms with Gasteiger partial charge >= 0.3 is 0 Å². The summed E-state index contributed by atoms with van der Waals surface area (Å²) >= 11 is 5.85. The summed E-state index contributed by atoms with van der Waals surface area (Å²) in [5.41, 5.74) is 0.766. The van der Waals surface area contributed by atoms with E-state index in [2.05, 4.69) is 10.6 Å². The molecule has 1 unspecified atom stereocenters. The summed E-state index contributed by atoms with van der Waals surface area (Å²) < 4.78 is 0. The molecule has 1 amide bonds. The number of hydrogen-bond acceptors (Lipinski definition) is 2. The van der Waals surface area contributed by atoms with Crippen molar-refractivity contribution in [2.24, 2.45) is 0 Å². The molecule has 2 N–H and O–H groups in total. The first-order valence-corrected chi connectivity index (χ1v) is 6.40. The summed E-state index contributed by atoms with van der Waals surface area (Å²) in [5.74, 6) is 0.0565. The van der Waals surface area contributed by atoms with E-state index < -0.39 is 0 Å². The molecule has 0 saturated carbocycles. The van der Waals surface area contributed by atoms with E-state index in [-0.39, 0.29) is 18.3 Å². The van der Waals surface area contributed by atoms with Gasteiger partial charge in [0.1, 0.15) is 0 Å². The zero-order chi connectivity index (χ0) is 12.1. The predicted octanol–water partition coefficient (Wildman–Crippen LogP) is 3.23. The fourth-order valence-electron chi connectivity index (χ4n) is 2.10. The van der Waals surface area contributed by atoms with E-state index in [1.165, 1.54) is 12.8 Å². The van der Waals surface area contributed by atoms with Crippen LogP contribution in [-0.4, -0.2) is 18.5 Å². The first-order chi connectivity index (χ1) is 8.24. The maximum atomic E-state index is 11.7. The minimum Gasteiger partial charge on any atom is -0.326 e. The quantitative estimate of drug-likeness (QED) is 0.893. The van der Waals surface area contributed by atoms with Gasteiger partial charge in [0.25, 0.3) is 0 Å². The van der Waals surface area contributed by atoms with Gasteiger partial charge in [0.05, 0.1) is 0 Å². The molecular weight excluding hydrogens is 271 g/mol. The van der Waals surface area contributed by atoms with Gasteiger partial charge in [-0.05, 0) is 44.0 Å². The normalized spacial score (nSPS) is 18.2. The number of anilines is 1.